The SMILES string of the molecule is CCC(C)C1C(C(C)(C)C2c3ccccc3-c3ccccc32)=Cc2ccccc21. The van der Waals surface area contributed by atoms with Gasteiger partial charge in [0.15, 0.2) is 0 Å². The van der Waals surface area contributed by atoms with Gasteiger partial charge in [0.2, 0.25) is 0 Å². The van der Waals surface area contributed by atoms with Gasteiger partial charge in [0, 0.05) is 11.8 Å². The number of rotatable bonds is 4. The average molecular weight is 379 g/mol. The van der Waals surface area contributed by atoms with E-state index in [0.29, 0.717) is 17.8 Å². The zero-order valence-electron chi connectivity index (χ0n) is 17.9. The van der Waals surface area contributed by atoms with Gasteiger partial charge in [-0.1, -0.05) is 119 Å². The topological polar surface area (TPSA) is 0 Å². The molecule has 0 heteroatoms. The van der Waals surface area contributed by atoms with E-state index in [1.165, 1.54) is 39.8 Å². The summed E-state index contributed by atoms with van der Waals surface area (Å²) in [7, 11) is 0. The van der Waals surface area contributed by atoms with Gasteiger partial charge in [-0.2, -0.15) is 0 Å². The summed E-state index contributed by atoms with van der Waals surface area (Å²) < 4.78 is 0. The number of benzene rings is 3. The van der Waals surface area contributed by atoms with Crippen LogP contribution >= 0.6 is 0 Å². The Hall–Kier alpha value is -2.60. The van der Waals surface area contributed by atoms with Gasteiger partial charge in [0.25, 0.3) is 0 Å². The molecule has 2 atom stereocenters. The summed E-state index contributed by atoms with van der Waals surface area (Å²) in [6.07, 6.45) is 3.71. The first kappa shape index (κ1) is 18.4. The number of fused-ring (bicyclic) bond motifs is 4. The van der Waals surface area contributed by atoms with Gasteiger partial charge in [0.05, 0.1) is 0 Å². The van der Waals surface area contributed by atoms with E-state index < -0.39 is 0 Å². The molecule has 0 amide bonds. The molecule has 0 aliphatic heterocycles. The van der Waals surface area contributed by atoms with Crippen LogP contribution in [0.4, 0.5) is 0 Å². The Balaban J connectivity index is 1.69. The van der Waals surface area contributed by atoms with E-state index in [2.05, 4.69) is 107 Å². The highest BCUT2D eigenvalue weighted by atomic mass is 14.5. The van der Waals surface area contributed by atoms with Crippen molar-refractivity contribution in [3.63, 3.8) is 0 Å². The quantitative estimate of drug-likeness (QED) is 0.431. The van der Waals surface area contributed by atoms with Crippen molar-refractivity contribution in [2.45, 2.75) is 46.0 Å². The fourth-order valence-corrected chi connectivity index (χ4v) is 5.89. The molecule has 2 aliphatic rings. The molecule has 0 saturated heterocycles. The fraction of sp³-hybridized carbons (Fsp3) is 0.310. The smallest absolute Gasteiger partial charge is 0.0190 e. The van der Waals surface area contributed by atoms with Gasteiger partial charge in [-0.15, -0.1) is 0 Å². The predicted octanol–water partition coefficient (Wildman–Crippen LogP) is 8.05. The minimum absolute atomic E-state index is 0.0375. The second-order valence-electron chi connectivity index (χ2n) is 9.42. The van der Waals surface area contributed by atoms with Crippen LogP contribution in [0.1, 0.15) is 68.2 Å². The Labute approximate surface area is 175 Å². The summed E-state index contributed by atoms with van der Waals surface area (Å²) in [5.74, 6) is 1.53. The zero-order valence-corrected chi connectivity index (χ0v) is 17.9. The van der Waals surface area contributed by atoms with E-state index >= 15 is 0 Å². The van der Waals surface area contributed by atoms with Gasteiger partial charge in [0.1, 0.15) is 0 Å². The first-order valence-electron chi connectivity index (χ1n) is 11.0. The molecule has 2 unspecified atom stereocenters. The summed E-state index contributed by atoms with van der Waals surface area (Å²) in [5.41, 5.74) is 10.4. The lowest BCUT2D eigenvalue weighted by Crippen LogP contribution is -2.28. The van der Waals surface area contributed by atoms with E-state index in [9.17, 15) is 0 Å². The third-order valence-electron chi connectivity index (χ3n) is 7.49. The highest BCUT2D eigenvalue weighted by molar-refractivity contribution is 5.80. The molecule has 0 heterocycles. The molecular weight excluding hydrogens is 348 g/mol. The summed E-state index contributed by atoms with van der Waals surface area (Å²) >= 11 is 0. The van der Waals surface area contributed by atoms with Gasteiger partial charge < -0.3 is 0 Å². The molecule has 0 spiro atoms. The number of hydrogen-bond donors (Lipinski definition) is 0. The minimum Gasteiger partial charge on any atom is -0.0651 e. The average Bonchev–Trinajstić information content (AvgIpc) is 3.30. The van der Waals surface area contributed by atoms with E-state index in [4.69, 9.17) is 0 Å². The monoisotopic (exact) mass is 378 g/mol. The van der Waals surface area contributed by atoms with E-state index in [1.807, 2.05) is 0 Å². The zero-order chi connectivity index (χ0) is 20.2. The predicted molar refractivity (Wildman–Crippen MR) is 124 cm³/mol. The largest absolute Gasteiger partial charge is 0.0651 e. The molecule has 0 fully saturated rings. The van der Waals surface area contributed by atoms with Crippen molar-refractivity contribution in [2.75, 3.05) is 0 Å². The Bertz CT molecular complexity index is 1050. The maximum absolute atomic E-state index is 2.51. The van der Waals surface area contributed by atoms with Gasteiger partial charge in [-0.05, 0) is 44.7 Å². The van der Waals surface area contributed by atoms with Crippen molar-refractivity contribution in [2.24, 2.45) is 11.3 Å². The lowest BCUT2D eigenvalue weighted by molar-refractivity contribution is 0.343. The summed E-state index contributed by atoms with van der Waals surface area (Å²) in [6.45, 7) is 9.71. The molecule has 5 rings (SSSR count). The molecule has 0 bridgehead atoms. The van der Waals surface area contributed by atoms with Crippen LogP contribution in [0.3, 0.4) is 0 Å². The summed E-state index contributed by atoms with van der Waals surface area (Å²) in [5, 5.41) is 0. The third kappa shape index (κ3) is 2.65. The third-order valence-corrected chi connectivity index (χ3v) is 7.49. The van der Waals surface area contributed by atoms with Crippen LogP contribution in [0.5, 0.6) is 0 Å². The van der Waals surface area contributed by atoms with Gasteiger partial charge in [-0.25, -0.2) is 0 Å². The highest BCUT2D eigenvalue weighted by Crippen LogP contribution is 2.60. The lowest BCUT2D eigenvalue weighted by Gasteiger charge is -2.39. The van der Waals surface area contributed by atoms with E-state index in [1.54, 1.807) is 5.57 Å². The van der Waals surface area contributed by atoms with Crippen molar-refractivity contribution in [3.05, 3.63) is 101 Å². The van der Waals surface area contributed by atoms with Gasteiger partial charge >= 0.3 is 0 Å². The Morgan fingerprint density at radius 1 is 0.759 bits per heavy atom. The molecule has 0 aromatic heterocycles. The van der Waals surface area contributed by atoms with Crippen molar-refractivity contribution in [1.29, 1.82) is 0 Å². The second kappa shape index (κ2) is 6.73. The summed E-state index contributed by atoms with van der Waals surface area (Å²) in [6, 6.07) is 27.1. The van der Waals surface area contributed by atoms with Crippen molar-refractivity contribution in [3.8, 4) is 11.1 Å². The van der Waals surface area contributed by atoms with E-state index in [-0.39, 0.29) is 5.41 Å². The van der Waals surface area contributed by atoms with Gasteiger partial charge in [-0.3, -0.25) is 0 Å². The normalized spacial score (nSPS) is 18.8. The molecule has 0 saturated carbocycles. The molecule has 0 radical (unpaired) electrons. The van der Waals surface area contributed by atoms with Crippen LogP contribution in [-0.4, -0.2) is 0 Å². The van der Waals surface area contributed by atoms with Crippen molar-refractivity contribution in [1.82, 2.24) is 0 Å². The fourth-order valence-electron chi connectivity index (χ4n) is 5.89. The number of hydrogen-bond acceptors (Lipinski definition) is 0. The maximum Gasteiger partial charge on any atom is 0.0190 e. The van der Waals surface area contributed by atoms with E-state index in [0.717, 1.165) is 0 Å². The van der Waals surface area contributed by atoms with Crippen molar-refractivity contribution < 1.29 is 0 Å². The van der Waals surface area contributed by atoms with Crippen LogP contribution in [0.2, 0.25) is 0 Å². The Morgan fingerprint density at radius 2 is 1.28 bits per heavy atom. The molecule has 29 heavy (non-hydrogen) atoms. The molecule has 146 valence electrons. The first-order valence-corrected chi connectivity index (χ1v) is 11.0. The molecule has 0 nitrogen and oxygen atoms in total. The van der Waals surface area contributed by atoms with Crippen molar-refractivity contribution >= 4 is 6.08 Å². The molecule has 2 aliphatic carbocycles. The molecule has 3 aromatic carbocycles. The van der Waals surface area contributed by atoms with Crippen LogP contribution in [0.15, 0.2) is 78.4 Å². The van der Waals surface area contributed by atoms with Crippen LogP contribution in [0.25, 0.3) is 17.2 Å². The second-order valence-corrected chi connectivity index (χ2v) is 9.42. The minimum atomic E-state index is 0.0375. The maximum atomic E-state index is 2.51. The standard InChI is InChI=1S/C29H30/c1-5-19(2)27-21-13-7-6-12-20(21)18-26(27)29(3,4)28-24-16-10-8-14-22(24)23-15-9-11-17-25(23)28/h6-19,27-28H,5H2,1-4H3. The lowest BCUT2D eigenvalue weighted by atomic mass is 9.64. The Kier molecular flexibility index (Phi) is 4.28. The molecule has 3 aromatic rings. The molecular formula is C29H30. The van der Waals surface area contributed by atoms with Crippen LogP contribution in [-0.2, 0) is 0 Å². The highest BCUT2D eigenvalue weighted by Gasteiger charge is 2.45. The Morgan fingerprint density at radius 3 is 1.86 bits per heavy atom. The summed E-state index contributed by atoms with van der Waals surface area (Å²) in [4.78, 5) is 0. The molecule has 0 N–H and O–H groups in total. The van der Waals surface area contributed by atoms with Crippen LogP contribution < -0.4 is 0 Å². The number of allylic oxidation sites excluding steroid dienone is 1. The van der Waals surface area contributed by atoms with Crippen LogP contribution in [0, 0.1) is 11.3 Å². The first-order chi connectivity index (χ1) is 14.0.